The number of benzene rings is 1. The van der Waals surface area contributed by atoms with Crippen molar-refractivity contribution in [2.24, 2.45) is 5.92 Å². The Balaban J connectivity index is 1.70. The summed E-state index contributed by atoms with van der Waals surface area (Å²) in [5.74, 6) is 0.0625. The van der Waals surface area contributed by atoms with Crippen molar-refractivity contribution in [2.75, 3.05) is 42.8 Å². The van der Waals surface area contributed by atoms with Gasteiger partial charge in [-0.05, 0) is 61.9 Å². The van der Waals surface area contributed by atoms with Gasteiger partial charge in [0.1, 0.15) is 5.00 Å². The number of hydrogen-bond donors (Lipinski definition) is 2. The monoisotopic (exact) mass is 415 g/mol. The van der Waals surface area contributed by atoms with Crippen LogP contribution in [0.4, 0.5) is 16.4 Å². The highest BCUT2D eigenvalue weighted by Gasteiger charge is 2.29. The summed E-state index contributed by atoms with van der Waals surface area (Å²) < 4.78 is 5.26. The number of nitrogens with one attached hydrogen (secondary N) is 2. The molecule has 1 aromatic heterocycles. The van der Waals surface area contributed by atoms with Gasteiger partial charge in [-0.3, -0.25) is 4.79 Å². The quantitative estimate of drug-likeness (QED) is 0.665. The van der Waals surface area contributed by atoms with Crippen molar-refractivity contribution in [2.45, 2.75) is 33.1 Å². The molecule has 0 saturated carbocycles. The number of thiophene rings is 1. The molecule has 0 saturated heterocycles. The van der Waals surface area contributed by atoms with Crippen LogP contribution in [0.25, 0.3) is 0 Å². The molecule has 1 aliphatic rings. The summed E-state index contributed by atoms with van der Waals surface area (Å²) in [5, 5.41) is 6.67. The van der Waals surface area contributed by atoms with E-state index in [1.54, 1.807) is 6.92 Å². The van der Waals surface area contributed by atoms with E-state index in [-0.39, 0.29) is 18.4 Å². The van der Waals surface area contributed by atoms with Gasteiger partial charge in [0.2, 0.25) is 5.91 Å². The van der Waals surface area contributed by atoms with E-state index >= 15 is 0 Å². The molecule has 0 bridgehead atoms. The van der Waals surface area contributed by atoms with Crippen LogP contribution in [0.5, 0.6) is 0 Å². The smallest absolute Gasteiger partial charge is 0.341 e. The first-order valence-electron chi connectivity index (χ1n) is 10.0. The van der Waals surface area contributed by atoms with E-state index in [4.69, 9.17) is 4.74 Å². The van der Waals surface area contributed by atoms with Crippen LogP contribution in [-0.4, -0.2) is 39.1 Å². The number of carbonyl (C=O) groups is 2. The number of nitrogens with zero attached hydrogens (tertiary/aromatic N) is 1. The van der Waals surface area contributed by atoms with Gasteiger partial charge in [-0.25, -0.2) is 4.79 Å². The highest BCUT2D eigenvalue weighted by atomic mass is 32.1. The van der Waals surface area contributed by atoms with Gasteiger partial charge in [-0.15, -0.1) is 11.3 Å². The topological polar surface area (TPSA) is 70.7 Å². The van der Waals surface area contributed by atoms with Crippen molar-refractivity contribution in [3.05, 3.63) is 40.3 Å². The molecule has 1 aromatic carbocycles. The van der Waals surface area contributed by atoms with E-state index in [1.165, 1.54) is 16.2 Å². The van der Waals surface area contributed by atoms with Crippen molar-refractivity contribution in [3.63, 3.8) is 0 Å². The normalized spacial score (nSPS) is 15.4. The zero-order chi connectivity index (χ0) is 21.0. The number of esters is 1. The molecule has 0 fully saturated rings. The summed E-state index contributed by atoms with van der Waals surface area (Å²) in [6.45, 7) is 4.46. The van der Waals surface area contributed by atoms with Crippen molar-refractivity contribution < 1.29 is 14.3 Å². The van der Waals surface area contributed by atoms with Crippen LogP contribution in [0.1, 0.15) is 41.1 Å². The number of anilines is 3. The average Bonchev–Trinajstić information content (AvgIpc) is 3.03. The molecule has 0 radical (unpaired) electrons. The summed E-state index contributed by atoms with van der Waals surface area (Å²) in [6.07, 6.45) is 2.85. The van der Waals surface area contributed by atoms with E-state index in [9.17, 15) is 9.59 Å². The Morgan fingerprint density at radius 3 is 2.62 bits per heavy atom. The van der Waals surface area contributed by atoms with E-state index in [2.05, 4.69) is 17.6 Å². The molecule has 6 nitrogen and oxygen atoms in total. The van der Waals surface area contributed by atoms with Crippen LogP contribution in [0.3, 0.4) is 0 Å². The lowest BCUT2D eigenvalue weighted by Crippen LogP contribution is -2.22. The summed E-state index contributed by atoms with van der Waals surface area (Å²) >= 11 is 1.51. The standard InChI is InChI=1S/C22H29N3O3S/c1-5-28-22(27)20-17-11-6-14(2)12-18(17)29-21(20)24-19(26)13-23-15-7-9-16(10-8-15)25(3)4/h7-10,14,23H,5-6,11-13H2,1-4H3,(H,24,26)/t14-/m1/s1. The third-order valence-electron chi connectivity index (χ3n) is 5.08. The highest BCUT2D eigenvalue weighted by Crippen LogP contribution is 2.40. The minimum atomic E-state index is -0.345. The molecule has 1 heterocycles. The Morgan fingerprint density at radius 1 is 1.24 bits per heavy atom. The Labute approximate surface area is 176 Å². The largest absolute Gasteiger partial charge is 0.462 e. The van der Waals surface area contributed by atoms with Crippen LogP contribution >= 0.6 is 11.3 Å². The molecule has 1 atom stereocenters. The highest BCUT2D eigenvalue weighted by molar-refractivity contribution is 7.17. The van der Waals surface area contributed by atoms with E-state index in [0.29, 0.717) is 23.1 Å². The number of hydrogen-bond acceptors (Lipinski definition) is 6. The third-order valence-corrected chi connectivity index (χ3v) is 6.25. The molecule has 0 unspecified atom stereocenters. The molecule has 156 valence electrons. The van der Waals surface area contributed by atoms with Crippen LogP contribution in [0.15, 0.2) is 24.3 Å². The second-order valence-electron chi connectivity index (χ2n) is 7.62. The van der Waals surface area contributed by atoms with Gasteiger partial charge in [0.15, 0.2) is 0 Å². The van der Waals surface area contributed by atoms with Crippen molar-refractivity contribution in [1.82, 2.24) is 0 Å². The number of ether oxygens (including phenoxy) is 1. The maximum absolute atomic E-state index is 12.5. The molecule has 2 aromatic rings. The molecule has 0 aliphatic heterocycles. The molecule has 1 aliphatic carbocycles. The molecular weight excluding hydrogens is 386 g/mol. The second kappa shape index (κ2) is 9.31. The lowest BCUT2D eigenvalue weighted by atomic mass is 9.88. The van der Waals surface area contributed by atoms with Crippen LogP contribution in [-0.2, 0) is 22.4 Å². The molecule has 2 N–H and O–H groups in total. The summed E-state index contributed by atoms with van der Waals surface area (Å²) in [7, 11) is 3.97. The van der Waals surface area contributed by atoms with Gasteiger partial charge in [0.05, 0.1) is 18.7 Å². The van der Waals surface area contributed by atoms with Crippen LogP contribution in [0.2, 0.25) is 0 Å². The minimum Gasteiger partial charge on any atom is -0.462 e. The van der Waals surface area contributed by atoms with E-state index in [1.807, 2.05) is 43.3 Å². The molecule has 3 rings (SSSR count). The molecule has 1 amide bonds. The van der Waals surface area contributed by atoms with Gasteiger partial charge >= 0.3 is 5.97 Å². The van der Waals surface area contributed by atoms with Gasteiger partial charge in [-0.2, -0.15) is 0 Å². The number of carbonyl (C=O) groups excluding carboxylic acids is 2. The maximum Gasteiger partial charge on any atom is 0.341 e. The fourth-order valence-corrected chi connectivity index (χ4v) is 4.90. The Morgan fingerprint density at radius 2 is 1.97 bits per heavy atom. The molecule has 0 spiro atoms. The summed E-state index contributed by atoms with van der Waals surface area (Å²) in [5.41, 5.74) is 3.56. The first-order valence-corrected chi connectivity index (χ1v) is 10.8. The third kappa shape index (κ3) is 5.09. The number of rotatable bonds is 7. The first kappa shape index (κ1) is 21.2. The Bertz CT molecular complexity index is 874. The first-order chi connectivity index (χ1) is 13.9. The van der Waals surface area contributed by atoms with E-state index in [0.717, 1.165) is 36.2 Å². The van der Waals surface area contributed by atoms with Gasteiger partial charge in [0, 0.05) is 30.3 Å². The second-order valence-corrected chi connectivity index (χ2v) is 8.72. The maximum atomic E-state index is 12.5. The lowest BCUT2D eigenvalue weighted by molar-refractivity contribution is -0.114. The SMILES string of the molecule is CCOC(=O)c1c(NC(=O)CNc2ccc(N(C)C)cc2)sc2c1CC[C@@H](C)C2. The zero-order valence-corrected chi connectivity index (χ0v) is 18.3. The van der Waals surface area contributed by atoms with Gasteiger partial charge in [0.25, 0.3) is 0 Å². The molecular formula is C22H29N3O3S. The number of amides is 1. The van der Waals surface area contributed by atoms with Gasteiger partial charge in [-0.1, -0.05) is 6.92 Å². The van der Waals surface area contributed by atoms with Gasteiger partial charge < -0.3 is 20.3 Å². The van der Waals surface area contributed by atoms with Crippen LogP contribution in [0, 0.1) is 5.92 Å². The van der Waals surface area contributed by atoms with Crippen molar-refractivity contribution in [3.8, 4) is 0 Å². The predicted molar refractivity (Wildman–Crippen MR) is 119 cm³/mol. The minimum absolute atomic E-state index is 0.128. The fraction of sp³-hybridized carbons (Fsp3) is 0.455. The summed E-state index contributed by atoms with van der Waals surface area (Å²) in [4.78, 5) is 28.3. The molecule has 7 heteroatoms. The predicted octanol–water partition coefficient (Wildman–Crippen LogP) is 4.17. The van der Waals surface area contributed by atoms with Crippen molar-refractivity contribution in [1.29, 1.82) is 0 Å². The van der Waals surface area contributed by atoms with Crippen LogP contribution < -0.4 is 15.5 Å². The van der Waals surface area contributed by atoms with Crippen molar-refractivity contribution >= 4 is 39.6 Å². The summed E-state index contributed by atoms with van der Waals surface area (Å²) in [6, 6.07) is 7.87. The Hall–Kier alpha value is -2.54. The Kier molecular flexibility index (Phi) is 6.79. The molecule has 29 heavy (non-hydrogen) atoms. The number of fused-ring (bicyclic) bond motifs is 1. The lowest BCUT2D eigenvalue weighted by Gasteiger charge is -2.18. The fourth-order valence-electron chi connectivity index (χ4n) is 3.49. The average molecular weight is 416 g/mol. The van der Waals surface area contributed by atoms with E-state index < -0.39 is 0 Å². The zero-order valence-electron chi connectivity index (χ0n) is 17.5.